The summed E-state index contributed by atoms with van der Waals surface area (Å²) in [5.74, 6) is 0.687. The van der Waals surface area contributed by atoms with E-state index in [1.807, 2.05) is 18.2 Å². The molecule has 1 fully saturated rings. The highest BCUT2D eigenvalue weighted by atomic mass is 79.9. The molecule has 1 heterocycles. The van der Waals surface area contributed by atoms with Crippen molar-refractivity contribution in [3.05, 3.63) is 49.8 Å². The van der Waals surface area contributed by atoms with E-state index < -0.39 is 0 Å². The maximum atomic E-state index is 12.2. The first-order chi connectivity index (χ1) is 11.1. The van der Waals surface area contributed by atoms with Gasteiger partial charge in [-0.3, -0.25) is 4.79 Å². The molecule has 1 aromatic carbocycles. The molecule has 0 N–H and O–H groups in total. The van der Waals surface area contributed by atoms with Gasteiger partial charge in [0.25, 0.3) is 5.56 Å². The summed E-state index contributed by atoms with van der Waals surface area (Å²) in [4.78, 5) is 12.2. The van der Waals surface area contributed by atoms with Crippen molar-refractivity contribution >= 4 is 31.9 Å². The van der Waals surface area contributed by atoms with Gasteiger partial charge in [0.15, 0.2) is 0 Å². The molecule has 3 rings (SSSR count). The second-order valence-electron chi connectivity index (χ2n) is 5.29. The normalized spacial score (nSPS) is 14.5. The van der Waals surface area contributed by atoms with Gasteiger partial charge in [0.1, 0.15) is 16.8 Å². The maximum absolute atomic E-state index is 12.2. The molecule has 0 spiro atoms. The van der Waals surface area contributed by atoms with Gasteiger partial charge in [-0.25, -0.2) is 0 Å². The Morgan fingerprint density at radius 2 is 2.09 bits per heavy atom. The van der Waals surface area contributed by atoms with Crippen molar-refractivity contribution in [1.82, 2.24) is 9.78 Å². The number of ether oxygens (including phenoxy) is 2. The van der Waals surface area contributed by atoms with E-state index in [0.717, 1.165) is 12.8 Å². The molecule has 0 saturated heterocycles. The van der Waals surface area contributed by atoms with Crippen molar-refractivity contribution in [2.24, 2.45) is 0 Å². The smallest absolute Gasteiger partial charge is 0.286 e. The summed E-state index contributed by atoms with van der Waals surface area (Å²) in [6, 6.07) is 7.29. The average molecular weight is 444 g/mol. The quantitative estimate of drug-likeness (QED) is 0.638. The predicted molar refractivity (Wildman–Crippen MR) is 94.3 cm³/mol. The lowest BCUT2D eigenvalue weighted by atomic mass is 9.96. The zero-order chi connectivity index (χ0) is 16.2. The van der Waals surface area contributed by atoms with Crippen molar-refractivity contribution in [3.63, 3.8) is 0 Å². The molecule has 0 bridgehead atoms. The number of nitrogens with zero attached hydrogens (tertiary/aromatic N) is 2. The van der Waals surface area contributed by atoms with E-state index in [1.165, 1.54) is 11.1 Å². The van der Waals surface area contributed by atoms with Crippen molar-refractivity contribution in [1.29, 1.82) is 0 Å². The van der Waals surface area contributed by atoms with E-state index in [1.54, 1.807) is 12.3 Å². The molecule has 7 heteroatoms. The van der Waals surface area contributed by atoms with E-state index in [2.05, 4.69) is 37.0 Å². The lowest BCUT2D eigenvalue weighted by molar-refractivity contribution is -0.0103. The molecule has 1 saturated carbocycles. The molecule has 0 atom stereocenters. The molecule has 122 valence electrons. The largest absolute Gasteiger partial charge is 0.491 e. The molecule has 5 nitrogen and oxygen atoms in total. The number of benzene rings is 1. The highest BCUT2D eigenvalue weighted by molar-refractivity contribution is 9.13. The van der Waals surface area contributed by atoms with Crippen molar-refractivity contribution in [2.45, 2.75) is 25.4 Å². The van der Waals surface area contributed by atoms with Gasteiger partial charge in [0.05, 0.1) is 29.1 Å². The van der Waals surface area contributed by atoms with Gasteiger partial charge < -0.3 is 9.47 Å². The summed E-state index contributed by atoms with van der Waals surface area (Å²) in [5.41, 5.74) is 0.422. The van der Waals surface area contributed by atoms with Gasteiger partial charge in [0, 0.05) is 6.07 Å². The molecular formula is C16H16Br2N2O3. The second kappa shape index (κ2) is 7.59. The molecule has 1 aromatic heterocycles. The topological polar surface area (TPSA) is 53.4 Å². The first-order valence-electron chi connectivity index (χ1n) is 7.43. The number of hydrogen-bond donors (Lipinski definition) is 0. The third-order valence-electron chi connectivity index (χ3n) is 3.70. The Morgan fingerprint density at radius 1 is 1.26 bits per heavy atom. The Balaban J connectivity index is 1.67. The van der Waals surface area contributed by atoms with Gasteiger partial charge in [-0.05, 0) is 63.3 Å². The Kier molecular flexibility index (Phi) is 5.50. The Hall–Kier alpha value is -1.18. The zero-order valence-corrected chi connectivity index (χ0v) is 15.5. The average Bonchev–Trinajstić information content (AvgIpc) is 2.51. The third kappa shape index (κ3) is 4.02. The van der Waals surface area contributed by atoms with Crippen molar-refractivity contribution in [2.75, 3.05) is 13.2 Å². The molecular weight excluding hydrogens is 428 g/mol. The van der Waals surface area contributed by atoms with Gasteiger partial charge in [-0.15, -0.1) is 0 Å². The van der Waals surface area contributed by atoms with Crippen LogP contribution in [0.4, 0.5) is 0 Å². The van der Waals surface area contributed by atoms with Gasteiger partial charge >= 0.3 is 0 Å². The van der Waals surface area contributed by atoms with E-state index in [4.69, 9.17) is 9.47 Å². The van der Waals surface area contributed by atoms with Crippen LogP contribution in [0.1, 0.15) is 19.3 Å². The molecule has 0 radical (unpaired) electrons. The fourth-order valence-electron chi connectivity index (χ4n) is 2.21. The van der Waals surface area contributed by atoms with Crippen LogP contribution in [0, 0.1) is 0 Å². The second-order valence-corrected chi connectivity index (χ2v) is 6.94. The van der Waals surface area contributed by atoms with E-state index in [-0.39, 0.29) is 5.56 Å². The summed E-state index contributed by atoms with van der Waals surface area (Å²) in [7, 11) is 0. The highest BCUT2D eigenvalue weighted by Crippen LogP contribution is 2.22. The molecule has 2 aromatic rings. The van der Waals surface area contributed by atoms with Crippen LogP contribution in [0.2, 0.25) is 0 Å². The lowest BCUT2D eigenvalue weighted by Gasteiger charge is -2.25. The molecule has 1 aliphatic carbocycles. The Morgan fingerprint density at radius 3 is 2.83 bits per heavy atom. The van der Waals surface area contributed by atoms with Crippen LogP contribution >= 0.6 is 31.9 Å². The summed E-state index contributed by atoms with van der Waals surface area (Å²) < 4.78 is 13.7. The van der Waals surface area contributed by atoms with Crippen LogP contribution in [0.15, 0.2) is 44.2 Å². The SMILES string of the molecule is O=c1c(Br)c(Br)cnn1-c1cccc(OCCOC2CCC2)c1. The fourth-order valence-corrected chi connectivity index (χ4v) is 2.74. The number of hydrogen-bond acceptors (Lipinski definition) is 4. The first kappa shape index (κ1) is 16.7. The minimum atomic E-state index is -0.232. The van der Waals surface area contributed by atoms with Crippen LogP contribution in [0.5, 0.6) is 5.75 Å². The number of aromatic nitrogens is 2. The molecule has 1 aliphatic rings. The Labute approximate surface area is 150 Å². The van der Waals surface area contributed by atoms with Crippen LogP contribution in [0.3, 0.4) is 0 Å². The van der Waals surface area contributed by atoms with E-state index in [9.17, 15) is 4.79 Å². The highest BCUT2D eigenvalue weighted by Gasteiger charge is 2.17. The van der Waals surface area contributed by atoms with Crippen LogP contribution in [0.25, 0.3) is 5.69 Å². The standard InChI is InChI=1S/C16H16Br2N2O3/c17-14-10-19-20(16(21)15(14)18)11-3-1-6-13(9-11)23-8-7-22-12-4-2-5-12/h1,3,6,9-10,12H,2,4-5,7-8H2. The van der Waals surface area contributed by atoms with Crippen molar-refractivity contribution in [3.8, 4) is 11.4 Å². The summed E-state index contributed by atoms with van der Waals surface area (Å²) in [6.45, 7) is 1.07. The third-order valence-corrected chi connectivity index (χ3v) is 5.60. The first-order valence-corrected chi connectivity index (χ1v) is 9.02. The molecule has 23 heavy (non-hydrogen) atoms. The van der Waals surface area contributed by atoms with Crippen LogP contribution in [-0.2, 0) is 4.74 Å². The molecule has 0 aliphatic heterocycles. The number of rotatable bonds is 6. The van der Waals surface area contributed by atoms with Crippen LogP contribution < -0.4 is 10.3 Å². The summed E-state index contributed by atoms with van der Waals surface area (Å²) in [6.07, 6.45) is 5.56. The van der Waals surface area contributed by atoms with Gasteiger partial charge in [0.2, 0.25) is 0 Å². The summed E-state index contributed by atoms with van der Waals surface area (Å²) >= 11 is 6.53. The van der Waals surface area contributed by atoms with Crippen molar-refractivity contribution < 1.29 is 9.47 Å². The lowest BCUT2D eigenvalue weighted by Crippen LogP contribution is -2.24. The number of halogens is 2. The molecule has 0 unspecified atom stereocenters. The monoisotopic (exact) mass is 442 g/mol. The van der Waals surface area contributed by atoms with E-state index >= 15 is 0 Å². The fraction of sp³-hybridized carbons (Fsp3) is 0.375. The predicted octanol–water partition coefficient (Wildman–Crippen LogP) is 3.71. The summed E-state index contributed by atoms with van der Waals surface area (Å²) in [5, 5.41) is 4.14. The minimum absolute atomic E-state index is 0.232. The Bertz CT molecular complexity index is 744. The maximum Gasteiger partial charge on any atom is 0.286 e. The zero-order valence-electron chi connectivity index (χ0n) is 12.4. The molecule has 0 amide bonds. The van der Waals surface area contributed by atoms with E-state index in [0.29, 0.717) is 39.7 Å². The van der Waals surface area contributed by atoms with Gasteiger partial charge in [-0.1, -0.05) is 6.07 Å². The minimum Gasteiger partial charge on any atom is -0.491 e. The van der Waals surface area contributed by atoms with Gasteiger partial charge in [-0.2, -0.15) is 9.78 Å². The van der Waals surface area contributed by atoms with Crippen LogP contribution in [-0.4, -0.2) is 29.1 Å².